The summed E-state index contributed by atoms with van der Waals surface area (Å²) in [6.07, 6.45) is 3.13. The van der Waals surface area contributed by atoms with Crippen LogP contribution in [0.3, 0.4) is 0 Å². The Morgan fingerprint density at radius 2 is 1.64 bits per heavy atom. The van der Waals surface area contributed by atoms with E-state index in [0.29, 0.717) is 59.0 Å². The molecule has 2 aromatic heterocycles. The van der Waals surface area contributed by atoms with Crippen LogP contribution in [0.4, 0.5) is 18.9 Å². The quantitative estimate of drug-likeness (QED) is 0.120. The van der Waals surface area contributed by atoms with Gasteiger partial charge in [0.15, 0.2) is 11.0 Å². The van der Waals surface area contributed by atoms with Gasteiger partial charge in [0.1, 0.15) is 5.41 Å². The molecule has 2 aliphatic carbocycles. The van der Waals surface area contributed by atoms with Crippen LogP contribution in [0.25, 0.3) is 0 Å². The van der Waals surface area contributed by atoms with Crippen LogP contribution in [0.5, 0.6) is 0 Å². The molecular formula is C44H41Cl2F3N6O4. The lowest BCUT2D eigenvalue weighted by Gasteiger charge is -2.63. The van der Waals surface area contributed by atoms with Crippen molar-refractivity contribution in [3.05, 3.63) is 142 Å². The predicted molar refractivity (Wildman–Crippen MR) is 214 cm³/mol. The maximum Gasteiger partial charge on any atom is 0.238 e. The van der Waals surface area contributed by atoms with Gasteiger partial charge in [0.25, 0.3) is 0 Å². The number of rotatable bonds is 10. The molecule has 1 saturated heterocycles. The highest BCUT2D eigenvalue weighted by atomic mass is 35.5. The van der Waals surface area contributed by atoms with Gasteiger partial charge in [0.2, 0.25) is 24.1 Å². The Kier molecular flexibility index (Phi) is 10.3. The molecule has 5 aromatic rings. The molecule has 0 unspecified atom stereocenters. The molecule has 306 valence electrons. The van der Waals surface area contributed by atoms with E-state index in [0.717, 1.165) is 0 Å². The highest BCUT2D eigenvalue weighted by molar-refractivity contribution is 6.31. The third-order valence-electron chi connectivity index (χ3n) is 13.4. The summed E-state index contributed by atoms with van der Waals surface area (Å²) >= 11 is 13.0. The topological polar surface area (TPSA) is 133 Å². The average molecular weight is 846 g/mol. The number of anilines is 1. The number of aliphatic hydroxyl groups excluding tert-OH is 1. The summed E-state index contributed by atoms with van der Waals surface area (Å²) in [5.41, 5.74) is -3.33. The van der Waals surface area contributed by atoms with Crippen molar-refractivity contribution in [3.63, 3.8) is 0 Å². The second-order valence-electron chi connectivity index (χ2n) is 16.5. The lowest BCUT2D eigenvalue weighted by molar-refractivity contribution is -0.166. The minimum atomic E-state index is -1.88. The van der Waals surface area contributed by atoms with Gasteiger partial charge in [-0.05, 0) is 79.0 Å². The second-order valence-corrected chi connectivity index (χ2v) is 17.3. The molecule has 2 amide bonds. The molecule has 3 aromatic carbocycles. The van der Waals surface area contributed by atoms with Crippen LogP contribution in [-0.4, -0.2) is 68.0 Å². The fourth-order valence-electron chi connectivity index (χ4n) is 11.0. The van der Waals surface area contributed by atoms with Gasteiger partial charge in [-0.1, -0.05) is 89.9 Å². The maximum atomic E-state index is 17.0. The number of fused-ring (bicyclic) bond motifs is 3. The second kappa shape index (κ2) is 15.3. The Balaban J connectivity index is 1.31. The lowest BCUT2D eigenvalue weighted by atomic mass is 9.45. The van der Waals surface area contributed by atoms with E-state index in [4.69, 9.17) is 27.6 Å². The summed E-state index contributed by atoms with van der Waals surface area (Å²) in [6.45, 7) is -2.11. The van der Waals surface area contributed by atoms with Crippen LogP contribution in [0.1, 0.15) is 90.7 Å². The first-order valence-corrected chi connectivity index (χ1v) is 20.5. The molecule has 2 saturated carbocycles. The van der Waals surface area contributed by atoms with Gasteiger partial charge in [-0.15, -0.1) is 10.2 Å². The number of pyridine rings is 1. The van der Waals surface area contributed by atoms with Crippen molar-refractivity contribution in [1.29, 1.82) is 0 Å². The summed E-state index contributed by atoms with van der Waals surface area (Å²) in [5, 5.41) is 26.7. The Hall–Kier alpha value is -4.82. The molecule has 5 atom stereocenters. The molecule has 4 aliphatic rings. The molecule has 4 heterocycles. The molecule has 9 rings (SSSR count). The Morgan fingerprint density at radius 1 is 0.966 bits per heavy atom. The standard InChI is InChI=1S/C44H41Cl2F3N6O4/c45-28-13-16-31-32(19-28)53-41(58)44(31)33(30-17-18-50-38(46)34(30)49)36(39(57)52-29-14-11-27(12-15-29)40-54-51-24-59-40)55(43(44)20-42(21-43,22-47)23-48)35(25-7-3-1-4-8-25)37(56)26-9-5-2-6-10-26/h1-10,13,16-19,24,27,29,33,35-37,56H,11-12,14-15,20-23H2,(H,52,57)(H,53,58)/t27-,29-,33-,35+,36+,37-,44+/m0/s1. The largest absolute Gasteiger partial charge is 0.428 e. The van der Waals surface area contributed by atoms with E-state index in [2.05, 4.69) is 25.8 Å². The zero-order valence-corrected chi connectivity index (χ0v) is 33.2. The highest BCUT2D eigenvalue weighted by Gasteiger charge is 2.82. The first kappa shape index (κ1) is 39.6. The summed E-state index contributed by atoms with van der Waals surface area (Å²) in [5.74, 6) is -2.93. The lowest BCUT2D eigenvalue weighted by Crippen LogP contribution is -2.72. The highest BCUT2D eigenvalue weighted by Crippen LogP contribution is 2.74. The molecule has 2 spiro atoms. The van der Waals surface area contributed by atoms with Crippen LogP contribution in [-0.2, 0) is 15.0 Å². The predicted octanol–water partition coefficient (Wildman–Crippen LogP) is 8.34. The van der Waals surface area contributed by atoms with Gasteiger partial charge in [-0.3, -0.25) is 23.3 Å². The zero-order chi connectivity index (χ0) is 41.1. The number of hydrogen-bond donors (Lipinski definition) is 3. The summed E-state index contributed by atoms with van der Waals surface area (Å²) in [6, 6.07) is 21.3. The van der Waals surface area contributed by atoms with Gasteiger partial charge in [0.05, 0.1) is 31.5 Å². The van der Waals surface area contributed by atoms with Gasteiger partial charge < -0.3 is 20.2 Å². The average Bonchev–Trinajstić information content (AvgIpc) is 3.94. The third-order valence-corrected chi connectivity index (χ3v) is 13.9. The number of nitrogens with one attached hydrogen (secondary N) is 2. The van der Waals surface area contributed by atoms with E-state index in [1.54, 1.807) is 71.6 Å². The number of carbonyl (C=O) groups excluding carboxylic acids is 2. The Morgan fingerprint density at radius 3 is 2.29 bits per heavy atom. The van der Waals surface area contributed by atoms with Crippen molar-refractivity contribution in [1.82, 2.24) is 25.4 Å². The number of amides is 2. The molecule has 59 heavy (non-hydrogen) atoms. The summed E-state index contributed by atoms with van der Waals surface area (Å²) < 4.78 is 53.2. The number of alkyl halides is 2. The fourth-order valence-corrected chi connectivity index (χ4v) is 11.3. The van der Waals surface area contributed by atoms with Crippen molar-refractivity contribution in [3.8, 4) is 0 Å². The SMILES string of the molecule is O=C(N[C@H]1CC[C@H](c2nnco2)CC1)[C@H]1[C@H](c2ccnc(Cl)c2F)[C@]2(C(=O)Nc3cc(Cl)ccc32)C2(CC(CF)(CF)C2)N1[C@H](c1ccccc1)[C@@H](O)c1ccccc1. The molecule has 10 nitrogen and oxygen atoms in total. The monoisotopic (exact) mass is 844 g/mol. The molecule has 0 bridgehead atoms. The van der Waals surface area contributed by atoms with E-state index >= 15 is 22.8 Å². The van der Waals surface area contributed by atoms with Gasteiger partial charge in [-0.25, -0.2) is 9.37 Å². The number of carbonyl (C=O) groups is 2. The maximum absolute atomic E-state index is 17.0. The minimum Gasteiger partial charge on any atom is -0.428 e. The number of nitrogens with zero attached hydrogens (tertiary/aromatic N) is 4. The Bertz CT molecular complexity index is 2340. The number of hydrogen-bond acceptors (Lipinski definition) is 8. The number of aromatic nitrogens is 3. The summed E-state index contributed by atoms with van der Waals surface area (Å²) in [7, 11) is 0. The van der Waals surface area contributed by atoms with Gasteiger partial charge >= 0.3 is 0 Å². The first-order valence-electron chi connectivity index (χ1n) is 19.7. The number of likely N-dealkylation sites (tertiary alicyclic amines) is 1. The van der Waals surface area contributed by atoms with Crippen LogP contribution in [0, 0.1) is 11.2 Å². The molecule has 3 fully saturated rings. The number of halogens is 5. The van der Waals surface area contributed by atoms with Crippen molar-refractivity contribution >= 4 is 40.7 Å². The molecule has 2 aliphatic heterocycles. The van der Waals surface area contributed by atoms with Gasteiger partial charge in [0, 0.05) is 45.7 Å². The van der Waals surface area contributed by atoms with E-state index in [-0.39, 0.29) is 30.4 Å². The van der Waals surface area contributed by atoms with Crippen LogP contribution in [0.2, 0.25) is 10.2 Å². The molecular weight excluding hydrogens is 804 g/mol. The Labute approximate surface area is 348 Å². The zero-order valence-electron chi connectivity index (χ0n) is 31.7. The number of benzene rings is 3. The van der Waals surface area contributed by atoms with E-state index in [9.17, 15) is 5.11 Å². The first-order chi connectivity index (χ1) is 28.6. The minimum absolute atomic E-state index is 0.000494. The number of aliphatic hydroxyl groups is 1. The van der Waals surface area contributed by atoms with Crippen LogP contribution >= 0.6 is 23.2 Å². The normalized spacial score (nSPS) is 26.6. The van der Waals surface area contributed by atoms with Crippen LogP contribution in [0.15, 0.2) is 102 Å². The molecule has 0 radical (unpaired) electrons. The third kappa shape index (κ3) is 6.18. The van der Waals surface area contributed by atoms with Crippen molar-refractivity contribution in [2.45, 2.75) is 85.5 Å². The smallest absolute Gasteiger partial charge is 0.238 e. The molecule has 3 N–H and O–H groups in total. The van der Waals surface area contributed by atoms with Gasteiger partial charge in [-0.2, -0.15) is 0 Å². The van der Waals surface area contributed by atoms with E-state index in [1.807, 2.05) is 12.1 Å². The fraction of sp³-hybridized carbons (Fsp3) is 0.386. The van der Waals surface area contributed by atoms with Crippen LogP contribution < -0.4 is 10.6 Å². The molecule has 15 heteroatoms. The van der Waals surface area contributed by atoms with E-state index in [1.165, 1.54) is 18.7 Å². The summed E-state index contributed by atoms with van der Waals surface area (Å²) in [4.78, 5) is 36.9. The van der Waals surface area contributed by atoms with Crippen molar-refractivity contribution in [2.24, 2.45) is 5.41 Å². The van der Waals surface area contributed by atoms with Crippen molar-refractivity contribution in [2.75, 3.05) is 18.7 Å². The van der Waals surface area contributed by atoms with Crippen molar-refractivity contribution < 1.29 is 32.3 Å². The van der Waals surface area contributed by atoms with E-state index < -0.39 is 76.6 Å².